The van der Waals surface area contributed by atoms with Gasteiger partial charge in [-0.3, -0.25) is 0 Å². The van der Waals surface area contributed by atoms with E-state index in [1.807, 2.05) is 23.8 Å². The van der Waals surface area contributed by atoms with E-state index in [4.69, 9.17) is 0 Å². The molecule has 0 unspecified atom stereocenters. The van der Waals surface area contributed by atoms with E-state index in [0.29, 0.717) is 13.1 Å². The maximum Gasteiger partial charge on any atom is 0.215 e. The Morgan fingerprint density at radius 3 is 2.83 bits per heavy atom. The first kappa shape index (κ1) is 14.0. The highest BCUT2D eigenvalue weighted by molar-refractivity contribution is 7.89. The second kappa shape index (κ2) is 6.14. The summed E-state index contributed by atoms with van der Waals surface area (Å²) < 4.78 is 26.3. The lowest BCUT2D eigenvalue weighted by atomic mass is 10.3. The SMILES string of the molecule is CCNCCS(=O)(=O)N(Cc1ccsc1)C1CC1. The fourth-order valence-electron chi connectivity index (χ4n) is 1.87. The third kappa shape index (κ3) is 3.78. The molecule has 18 heavy (non-hydrogen) atoms. The van der Waals surface area contributed by atoms with E-state index in [-0.39, 0.29) is 11.8 Å². The number of nitrogens with one attached hydrogen (secondary N) is 1. The minimum Gasteiger partial charge on any atom is -0.316 e. The van der Waals surface area contributed by atoms with E-state index in [1.165, 1.54) is 0 Å². The van der Waals surface area contributed by atoms with Crippen LogP contribution in [0.25, 0.3) is 0 Å². The fourth-order valence-corrected chi connectivity index (χ4v) is 4.18. The van der Waals surface area contributed by atoms with Crippen LogP contribution in [0.4, 0.5) is 0 Å². The minimum atomic E-state index is -3.13. The number of thiophene rings is 1. The van der Waals surface area contributed by atoms with Gasteiger partial charge in [-0.2, -0.15) is 15.6 Å². The van der Waals surface area contributed by atoms with Crippen LogP contribution >= 0.6 is 11.3 Å². The first-order valence-corrected chi connectivity index (χ1v) is 8.90. The van der Waals surface area contributed by atoms with Gasteiger partial charge in [0.1, 0.15) is 0 Å². The molecule has 1 aromatic rings. The molecule has 0 bridgehead atoms. The largest absolute Gasteiger partial charge is 0.316 e. The van der Waals surface area contributed by atoms with Gasteiger partial charge in [0.15, 0.2) is 0 Å². The lowest BCUT2D eigenvalue weighted by Crippen LogP contribution is -2.37. The summed E-state index contributed by atoms with van der Waals surface area (Å²) in [5, 5.41) is 7.09. The zero-order chi connectivity index (χ0) is 13.0. The van der Waals surface area contributed by atoms with Crippen molar-refractivity contribution in [3.8, 4) is 0 Å². The molecule has 0 aromatic carbocycles. The number of rotatable bonds is 8. The zero-order valence-electron chi connectivity index (χ0n) is 10.6. The molecule has 0 amide bonds. The molecule has 4 nitrogen and oxygen atoms in total. The van der Waals surface area contributed by atoms with Gasteiger partial charge in [-0.25, -0.2) is 8.42 Å². The molecule has 1 aliphatic carbocycles. The summed E-state index contributed by atoms with van der Waals surface area (Å²) in [7, 11) is -3.13. The van der Waals surface area contributed by atoms with Gasteiger partial charge in [-0.15, -0.1) is 0 Å². The van der Waals surface area contributed by atoms with E-state index in [9.17, 15) is 8.42 Å². The summed E-state index contributed by atoms with van der Waals surface area (Å²) >= 11 is 1.61. The molecular weight excluding hydrogens is 268 g/mol. The van der Waals surface area contributed by atoms with Gasteiger partial charge >= 0.3 is 0 Å². The molecule has 6 heteroatoms. The fraction of sp³-hybridized carbons (Fsp3) is 0.667. The summed E-state index contributed by atoms with van der Waals surface area (Å²) in [6.45, 7) is 3.86. The van der Waals surface area contributed by atoms with Crippen molar-refractivity contribution in [2.75, 3.05) is 18.8 Å². The molecule has 0 atom stereocenters. The highest BCUT2D eigenvalue weighted by Crippen LogP contribution is 2.31. The van der Waals surface area contributed by atoms with Crippen LogP contribution in [0.2, 0.25) is 0 Å². The van der Waals surface area contributed by atoms with Crippen molar-refractivity contribution in [1.29, 1.82) is 0 Å². The van der Waals surface area contributed by atoms with Crippen molar-refractivity contribution < 1.29 is 8.42 Å². The van der Waals surface area contributed by atoms with Crippen molar-refractivity contribution in [2.24, 2.45) is 0 Å². The predicted octanol–water partition coefficient (Wildman–Crippen LogP) is 1.65. The van der Waals surface area contributed by atoms with Gasteiger partial charge in [0.2, 0.25) is 10.0 Å². The summed E-state index contributed by atoms with van der Waals surface area (Å²) in [5.74, 6) is 0.196. The maximum absolute atomic E-state index is 12.3. The highest BCUT2D eigenvalue weighted by Gasteiger charge is 2.36. The average Bonchev–Trinajstić information content (AvgIpc) is 3.03. The molecule has 1 aliphatic rings. The summed E-state index contributed by atoms with van der Waals surface area (Å²) in [4.78, 5) is 0. The topological polar surface area (TPSA) is 49.4 Å². The van der Waals surface area contributed by atoms with Gasteiger partial charge in [0.25, 0.3) is 0 Å². The zero-order valence-corrected chi connectivity index (χ0v) is 12.3. The molecule has 0 spiro atoms. The van der Waals surface area contributed by atoms with E-state index in [2.05, 4.69) is 5.32 Å². The smallest absolute Gasteiger partial charge is 0.215 e. The molecule has 2 rings (SSSR count). The second-order valence-electron chi connectivity index (χ2n) is 4.58. The van der Waals surface area contributed by atoms with Crippen molar-refractivity contribution in [1.82, 2.24) is 9.62 Å². The molecule has 1 aromatic heterocycles. The first-order chi connectivity index (χ1) is 8.63. The Morgan fingerprint density at radius 1 is 1.50 bits per heavy atom. The Morgan fingerprint density at radius 2 is 2.28 bits per heavy atom. The standard InChI is InChI=1S/C12H20N2O2S2/c1-2-13-6-8-18(15,16)14(12-3-4-12)9-11-5-7-17-10-11/h5,7,10,12-13H,2-4,6,8-9H2,1H3. The quantitative estimate of drug-likeness (QED) is 0.740. The number of hydrogen-bond acceptors (Lipinski definition) is 4. The third-order valence-corrected chi connectivity index (χ3v) is 5.61. The summed E-state index contributed by atoms with van der Waals surface area (Å²) in [6, 6.07) is 2.23. The van der Waals surface area contributed by atoms with Crippen molar-refractivity contribution >= 4 is 21.4 Å². The van der Waals surface area contributed by atoms with Crippen LogP contribution in [0.5, 0.6) is 0 Å². The molecule has 0 aliphatic heterocycles. The van der Waals surface area contributed by atoms with Gasteiger partial charge in [0.05, 0.1) is 5.75 Å². The first-order valence-electron chi connectivity index (χ1n) is 6.35. The van der Waals surface area contributed by atoms with Gasteiger partial charge < -0.3 is 5.32 Å². The number of hydrogen-bond donors (Lipinski definition) is 1. The second-order valence-corrected chi connectivity index (χ2v) is 7.40. The monoisotopic (exact) mass is 288 g/mol. The molecule has 0 radical (unpaired) electrons. The van der Waals surface area contributed by atoms with Crippen LogP contribution in [0.3, 0.4) is 0 Å². The van der Waals surface area contributed by atoms with Crippen molar-refractivity contribution in [3.63, 3.8) is 0 Å². The van der Waals surface area contributed by atoms with E-state index >= 15 is 0 Å². The van der Waals surface area contributed by atoms with Crippen molar-refractivity contribution in [3.05, 3.63) is 22.4 Å². The molecule has 0 saturated heterocycles. The molecule has 102 valence electrons. The highest BCUT2D eigenvalue weighted by atomic mass is 32.2. The molecule has 1 N–H and O–H groups in total. The van der Waals surface area contributed by atoms with E-state index in [1.54, 1.807) is 15.6 Å². The van der Waals surface area contributed by atoms with Gasteiger partial charge in [-0.1, -0.05) is 6.92 Å². The summed E-state index contributed by atoms with van der Waals surface area (Å²) in [6.07, 6.45) is 2.01. The summed E-state index contributed by atoms with van der Waals surface area (Å²) in [5.41, 5.74) is 1.10. The van der Waals surface area contributed by atoms with Gasteiger partial charge in [0, 0.05) is 19.1 Å². The van der Waals surface area contributed by atoms with E-state index in [0.717, 1.165) is 24.9 Å². The number of sulfonamides is 1. The van der Waals surface area contributed by atoms with Crippen LogP contribution in [-0.4, -0.2) is 37.6 Å². The third-order valence-electron chi connectivity index (χ3n) is 3.02. The van der Waals surface area contributed by atoms with Crippen LogP contribution < -0.4 is 5.32 Å². The van der Waals surface area contributed by atoms with Crippen LogP contribution in [0, 0.1) is 0 Å². The lowest BCUT2D eigenvalue weighted by Gasteiger charge is -2.21. The Hall–Kier alpha value is -0.430. The molecular formula is C12H20N2O2S2. The molecule has 1 fully saturated rings. The maximum atomic E-state index is 12.3. The Balaban J connectivity index is 2.00. The Bertz CT molecular complexity index is 452. The minimum absolute atomic E-state index is 0.196. The Kier molecular flexibility index (Phi) is 4.77. The average molecular weight is 288 g/mol. The van der Waals surface area contributed by atoms with E-state index < -0.39 is 10.0 Å². The van der Waals surface area contributed by atoms with Crippen LogP contribution in [0.1, 0.15) is 25.3 Å². The van der Waals surface area contributed by atoms with Crippen LogP contribution in [-0.2, 0) is 16.6 Å². The Labute approximate surface area is 113 Å². The molecule has 1 heterocycles. The van der Waals surface area contributed by atoms with Crippen molar-refractivity contribution in [2.45, 2.75) is 32.4 Å². The number of nitrogens with zero attached hydrogens (tertiary/aromatic N) is 1. The molecule has 1 saturated carbocycles. The normalized spacial score (nSPS) is 16.3. The van der Waals surface area contributed by atoms with Crippen LogP contribution in [0.15, 0.2) is 16.8 Å². The lowest BCUT2D eigenvalue weighted by molar-refractivity contribution is 0.398. The predicted molar refractivity (Wildman–Crippen MR) is 75.2 cm³/mol. The van der Waals surface area contributed by atoms with Gasteiger partial charge in [-0.05, 0) is 41.8 Å².